The fourth-order valence-corrected chi connectivity index (χ4v) is 2.85. The zero-order chi connectivity index (χ0) is 21.3. The second-order valence-electron chi connectivity index (χ2n) is 7.02. The number of carbonyl (C=O) groups is 2. The van der Waals surface area contributed by atoms with Gasteiger partial charge in [-0.05, 0) is 37.1 Å². The smallest absolute Gasteiger partial charge is 0.257 e. The highest BCUT2D eigenvalue weighted by molar-refractivity contribution is 5.77. The minimum Gasteiger partial charge on any atom is -0.484 e. The van der Waals surface area contributed by atoms with Gasteiger partial charge in [-0.2, -0.15) is 0 Å². The third-order valence-electron chi connectivity index (χ3n) is 4.47. The minimum atomic E-state index is -0.0918. The van der Waals surface area contributed by atoms with Gasteiger partial charge in [0.25, 0.3) is 11.8 Å². The molecule has 0 aliphatic rings. The Morgan fingerprint density at radius 2 is 0.933 bits per heavy atom. The van der Waals surface area contributed by atoms with E-state index in [4.69, 9.17) is 9.47 Å². The third kappa shape index (κ3) is 11.1. The lowest BCUT2D eigenvalue weighted by Gasteiger charge is -2.08. The van der Waals surface area contributed by atoms with Crippen LogP contribution in [0.15, 0.2) is 60.7 Å². The highest BCUT2D eigenvalue weighted by atomic mass is 16.5. The van der Waals surface area contributed by atoms with Gasteiger partial charge in [-0.15, -0.1) is 0 Å². The van der Waals surface area contributed by atoms with Gasteiger partial charge in [-0.1, -0.05) is 62.1 Å². The Balaban J connectivity index is 1.34. The van der Waals surface area contributed by atoms with Crippen molar-refractivity contribution in [1.29, 1.82) is 0 Å². The van der Waals surface area contributed by atoms with E-state index in [2.05, 4.69) is 10.6 Å². The third-order valence-corrected chi connectivity index (χ3v) is 4.47. The van der Waals surface area contributed by atoms with E-state index >= 15 is 0 Å². The average molecular weight is 413 g/mol. The van der Waals surface area contributed by atoms with Crippen molar-refractivity contribution in [3.8, 4) is 11.5 Å². The molecule has 0 heterocycles. The number of ether oxygens (including phenoxy) is 2. The Labute approximate surface area is 179 Å². The SMILES string of the molecule is O=C(COc1ccccc1)NCCCCCCCCNC(=O)COc1ccccc1. The second-order valence-corrected chi connectivity index (χ2v) is 7.02. The Hall–Kier alpha value is -3.02. The Bertz CT molecular complexity index is 659. The minimum absolute atomic E-state index is 0.0477. The summed E-state index contributed by atoms with van der Waals surface area (Å²) in [5.74, 6) is 1.22. The molecule has 6 nitrogen and oxygen atoms in total. The quantitative estimate of drug-likeness (QED) is 0.437. The molecule has 0 aliphatic heterocycles. The molecule has 2 amide bonds. The Kier molecular flexibility index (Phi) is 11.6. The number of hydrogen-bond acceptors (Lipinski definition) is 4. The van der Waals surface area contributed by atoms with Gasteiger partial charge in [0.1, 0.15) is 11.5 Å². The molecular formula is C24H32N2O4. The summed E-state index contributed by atoms with van der Waals surface area (Å²) < 4.78 is 10.8. The van der Waals surface area contributed by atoms with Gasteiger partial charge in [0.05, 0.1) is 0 Å². The summed E-state index contributed by atoms with van der Waals surface area (Å²) >= 11 is 0. The Morgan fingerprint density at radius 3 is 1.33 bits per heavy atom. The number of benzene rings is 2. The normalized spacial score (nSPS) is 10.3. The van der Waals surface area contributed by atoms with Crippen LogP contribution in [0.4, 0.5) is 0 Å². The van der Waals surface area contributed by atoms with Gasteiger partial charge in [0.2, 0.25) is 0 Å². The number of carbonyl (C=O) groups excluding carboxylic acids is 2. The molecule has 30 heavy (non-hydrogen) atoms. The van der Waals surface area contributed by atoms with E-state index in [9.17, 15) is 9.59 Å². The standard InChI is InChI=1S/C24H32N2O4/c27-23(19-29-21-13-7-5-8-14-21)25-17-11-3-1-2-4-12-18-26-24(28)20-30-22-15-9-6-10-16-22/h5-10,13-16H,1-4,11-12,17-20H2,(H,25,27)(H,26,28). The number of nitrogens with one attached hydrogen (secondary N) is 2. The second kappa shape index (κ2) is 14.9. The summed E-state index contributed by atoms with van der Waals surface area (Å²) in [5.41, 5.74) is 0. The van der Waals surface area contributed by atoms with Gasteiger partial charge < -0.3 is 20.1 Å². The van der Waals surface area contributed by atoms with E-state index in [1.54, 1.807) is 0 Å². The molecule has 0 unspecified atom stereocenters. The van der Waals surface area contributed by atoms with Crippen molar-refractivity contribution in [2.75, 3.05) is 26.3 Å². The van der Waals surface area contributed by atoms with Crippen molar-refractivity contribution >= 4 is 11.8 Å². The van der Waals surface area contributed by atoms with Crippen LogP contribution in [-0.2, 0) is 9.59 Å². The zero-order valence-electron chi connectivity index (χ0n) is 17.5. The number of hydrogen-bond donors (Lipinski definition) is 2. The molecular weight excluding hydrogens is 380 g/mol. The van der Waals surface area contributed by atoms with Crippen LogP contribution < -0.4 is 20.1 Å². The van der Waals surface area contributed by atoms with E-state index in [1.165, 1.54) is 0 Å². The van der Waals surface area contributed by atoms with Crippen LogP contribution in [0.25, 0.3) is 0 Å². The molecule has 2 rings (SSSR count). The van der Waals surface area contributed by atoms with Crippen LogP contribution in [0.2, 0.25) is 0 Å². The summed E-state index contributed by atoms with van der Waals surface area (Å²) in [5, 5.41) is 5.75. The molecule has 2 N–H and O–H groups in total. The molecule has 0 bridgehead atoms. The van der Waals surface area contributed by atoms with Gasteiger partial charge in [0.15, 0.2) is 13.2 Å². The fourth-order valence-electron chi connectivity index (χ4n) is 2.85. The topological polar surface area (TPSA) is 76.7 Å². The van der Waals surface area contributed by atoms with E-state index in [0.717, 1.165) is 38.5 Å². The summed E-state index contributed by atoms with van der Waals surface area (Å²) in [7, 11) is 0. The maximum Gasteiger partial charge on any atom is 0.257 e. The summed E-state index contributed by atoms with van der Waals surface area (Å²) in [4.78, 5) is 23.5. The van der Waals surface area contributed by atoms with Crippen molar-refractivity contribution in [3.05, 3.63) is 60.7 Å². The first-order valence-electron chi connectivity index (χ1n) is 10.6. The van der Waals surface area contributed by atoms with Crippen molar-refractivity contribution in [1.82, 2.24) is 10.6 Å². The molecule has 0 fully saturated rings. The zero-order valence-corrected chi connectivity index (χ0v) is 17.5. The molecule has 0 saturated heterocycles. The molecule has 2 aromatic carbocycles. The number of amides is 2. The molecule has 0 saturated carbocycles. The van der Waals surface area contributed by atoms with Gasteiger partial charge in [-0.3, -0.25) is 9.59 Å². The molecule has 2 aromatic rings. The van der Waals surface area contributed by atoms with Gasteiger partial charge >= 0.3 is 0 Å². The highest BCUT2D eigenvalue weighted by Gasteiger charge is 2.03. The maximum absolute atomic E-state index is 11.7. The predicted octanol–water partition coefficient (Wildman–Crippen LogP) is 3.72. The summed E-state index contributed by atoms with van der Waals surface area (Å²) in [6.07, 6.45) is 6.34. The molecule has 0 spiro atoms. The van der Waals surface area contributed by atoms with Gasteiger partial charge in [0, 0.05) is 13.1 Å². The lowest BCUT2D eigenvalue weighted by molar-refractivity contribution is -0.123. The molecule has 162 valence electrons. The predicted molar refractivity (Wildman–Crippen MR) is 118 cm³/mol. The van der Waals surface area contributed by atoms with E-state index < -0.39 is 0 Å². The van der Waals surface area contributed by atoms with Crippen molar-refractivity contribution in [2.24, 2.45) is 0 Å². The molecule has 0 radical (unpaired) electrons. The van der Waals surface area contributed by atoms with Crippen LogP contribution in [-0.4, -0.2) is 38.1 Å². The first-order valence-corrected chi connectivity index (χ1v) is 10.6. The largest absolute Gasteiger partial charge is 0.484 e. The number of rotatable bonds is 15. The molecule has 6 heteroatoms. The van der Waals surface area contributed by atoms with Crippen molar-refractivity contribution < 1.29 is 19.1 Å². The molecule has 0 atom stereocenters. The first-order chi connectivity index (χ1) is 14.7. The lowest BCUT2D eigenvalue weighted by Crippen LogP contribution is -2.29. The monoisotopic (exact) mass is 412 g/mol. The average Bonchev–Trinajstić information content (AvgIpc) is 2.79. The van der Waals surface area contributed by atoms with Gasteiger partial charge in [-0.25, -0.2) is 0 Å². The van der Waals surface area contributed by atoms with E-state index in [1.807, 2.05) is 60.7 Å². The number of unbranched alkanes of at least 4 members (excludes halogenated alkanes) is 5. The van der Waals surface area contributed by atoms with E-state index in [0.29, 0.717) is 24.6 Å². The van der Waals surface area contributed by atoms with Crippen LogP contribution in [0.3, 0.4) is 0 Å². The first kappa shape index (κ1) is 23.3. The van der Waals surface area contributed by atoms with Crippen LogP contribution in [0, 0.1) is 0 Å². The fraction of sp³-hybridized carbons (Fsp3) is 0.417. The maximum atomic E-state index is 11.7. The summed E-state index contributed by atoms with van der Waals surface area (Å²) in [6, 6.07) is 18.6. The van der Waals surface area contributed by atoms with Crippen LogP contribution >= 0.6 is 0 Å². The molecule has 0 aromatic heterocycles. The summed E-state index contributed by atoms with van der Waals surface area (Å²) in [6.45, 7) is 1.45. The Morgan fingerprint density at radius 1 is 0.567 bits per heavy atom. The molecule has 0 aliphatic carbocycles. The highest BCUT2D eigenvalue weighted by Crippen LogP contribution is 2.08. The number of para-hydroxylation sites is 2. The van der Waals surface area contributed by atoms with Crippen LogP contribution in [0.1, 0.15) is 38.5 Å². The van der Waals surface area contributed by atoms with Crippen LogP contribution in [0.5, 0.6) is 11.5 Å². The van der Waals surface area contributed by atoms with Crippen molar-refractivity contribution in [3.63, 3.8) is 0 Å². The lowest BCUT2D eigenvalue weighted by atomic mass is 10.1. The van der Waals surface area contributed by atoms with E-state index in [-0.39, 0.29) is 25.0 Å². The van der Waals surface area contributed by atoms with Crippen molar-refractivity contribution in [2.45, 2.75) is 38.5 Å².